The zero-order chi connectivity index (χ0) is 15.6. The third kappa shape index (κ3) is 3.28. The molecule has 1 atom stereocenters. The third-order valence-electron chi connectivity index (χ3n) is 3.81. The highest BCUT2D eigenvalue weighted by atomic mass is 32.2. The maximum Gasteiger partial charge on any atom is 0.352 e. The number of sulfonamides is 1. The Balaban J connectivity index is 2.25. The van der Waals surface area contributed by atoms with E-state index in [4.69, 9.17) is 5.11 Å². The molecule has 0 spiro atoms. The van der Waals surface area contributed by atoms with Crippen LogP contribution in [0.15, 0.2) is 17.2 Å². The number of hydrogen-bond acceptors (Lipinski definition) is 4. The van der Waals surface area contributed by atoms with Crippen molar-refractivity contribution < 1.29 is 18.3 Å². The summed E-state index contributed by atoms with van der Waals surface area (Å²) < 4.78 is 28.0. The molecule has 7 nitrogen and oxygen atoms in total. The van der Waals surface area contributed by atoms with Crippen LogP contribution in [-0.2, 0) is 17.1 Å². The Bertz CT molecular complexity index is 621. The molecule has 1 aliphatic heterocycles. The lowest BCUT2D eigenvalue weighted by molar-refractivity contribution is 0.0686. The number of nitrogens with one attached hydrogen (secondary N) is 1. The number of carboxylic acid groups (broad SMARTS) is 1. The van der Waals surface area contributed by atoms with Crippen LogP contribution < -0.4 is 5.32 Å². The summed E-state index contributed by atoms with van der Waals surface area (Å²) in [5.41, 5.74) is -0.0302. The Morgan fingerprint density at radius 2 is 2.24 bits per heavy atom. The van der Waals surface area contributed by atoms with Gasteiger partial charge in [-0.25, -0.2) is 13.2 Å². The lowest BCUT2D eigenvalue weighted by atomic mass is 10.00. The van der Waals surface area contributed by atoms with Gasteiger partial charge < -0.3 is 15.0 Å². The summed E-state index contributed by atoms with van der Waals surface area (Å²) >= 11 is 0. The minimum absolute atomic E-state index is 0.0302. The Labute approximate surface area is 124 Å². The molecule has 0 radical (unpaired) electrons. The second-order valence-electron chi connectivity index (χ2n) is 5.41. The van der Waals surface area contributed by atoms with Gasteiger partial charge in [-0.3, -0.25) is 0 Å². The maximum atomic E-state index is 12.6. The van der Waals surface area contributed by atoms with E-state index in [1.807, 2.05) is 7.05 Å². The van der Waals surface area contributed by atoms with E-state index in [1.54, 1.807) is 0 Å². The lowest BCUT2D eigenvalue weighted by Gasteiger charge is -2.31. The van der Waals surface area contributed by atoms with E-state index < -0.39 is 16.0 Å². The summed E-state index contributed by atoms with van der Waals surface area (Å²) in [6.45, 7) is 1.74. The normalized spacial score (nSPS) is 20.6. The predicted molar refractivity (Wildman–Crippen MR) is 77.8 cm³/mol. The fourth-order valence-electron chi connectivity index (χ4n) is 2.74. The molecule has 2 rings (SSSR count). The van der Waals surface area contributed by atoms with Crippen molar-refractivity contribution in [2.24, 2.45) is 13.0 Å². The highest BCUT2D eigenvalue weighted by molar-refractivity contribution is 7.89. The van der Waals surface area contributed by atoms with Gasteiger partial charge in [0.1, 0.15) is 10.6 Å². The Hall–Kier alpha value is -1.38. The van der Waals surface area contributed by atoms with Gasteiger partial charge in [0, 0.05) is 26.3 Å². The van der Waals surface area contributed by atoms with Gasteiger partial charge in [-0.15, -0.1) is 0 Å². The molecule has 8 heteroatoms. The van der Waals surface area contributed by atoms with Crippen LogP contribution in [0.3, 0.4) is 0 Å². The second kappa shape index (κ2) is 6.17. The van der Waals surface area contributed by atoms with Crippen LogP contribution in [0.4, 0.5) is 0 Å². The van der Waals surface area contributed by atoms with Crippen LogP contribution in [0, 0.1) is 5.92 Å². The topological polar surface area (TPSA) is 91.6 Å². The van der Waals surface area contributed by atoms with Crippen molar-refractivity contribution in [2.45, 2.75) is 17.7 Å². The SMILES string of the molecule is CNCC1CCCN(S(=O)(=O)c2cc(C(=O)O)n(C)c2)C1. The predicted octanol–water partition coefficient (Wildman–Crippen LogP) is 0.343. The molecule has 1 saturated heterocycles. The Morgan fingerprint density at radius 1 is 1.52 bits per heavy atom. The molecule has 0 bridgehead atoms. The average molecular weight is 315 g/mol. The average Bonchev–Trinajstić information content (AvgIpc) is 2.82. The molecule has 118 valence electrons. The summed E-state index contributed by atoms with van der Waals surface area (Å²) in [4.78, 5) is 11.1. The molecule has 1 aliphatic rings. The van der Waals surface area contributed by atoms with Crippen molar-refractivity contribution in [3.8, 4) is 0 Å². The summed E-state index contributed by atoms with van der Waals surface area (Å²) in [5, 5.41) is 12.1. The number of carbonyl (C=O) groups is 1. The number of piperidine rings is 1. The number of aromatic carboxylic acids is 1. The van der Waals surface area contributed by atoms with E-state index in [1.165, 1.54) is 28.2 Å². The molecule has 1 unspecified atom stereocenters. The van der Waals surface area contributed by atoms with Gasteiger partial charge in [0.2, 0.25) is 10.0 Å². The van der Waals surface area contributed by atoms with Gasteiger partial charge in [-0.2, -0.15) is 4.31 Å². The minimum atomic E-state index is -3.63. The lowest BCUT2D eigenvalue weighted by Crippen LogP contribution is -2.42. The van der Waals surface area contributed by atoms with Crippen molar-refractivity contribution in [3.05, 3.63) is 18.0 Å². The quantitative estimate of drug-likeness (QED) is 0.818. The van der Waals surface area contributed by atoms with Crippen molar-refractivity contribution in [3.63, 3.8) is 0 Å². The van der Waals surface area contributed by atoms with Crippen molar-refractivity contribution in [1.82, 2.24) is 14.2 Å². The van der Waals surface area contributed by atoms with Crippen LogP contribution in [0.1, 0.15) is 23.3 Å². The van der Waals surface area contributed by atoms with Crippen LogP contribution in [0.25, 0.3) is 0 Å². The van der Waals surface area contributed by atoms with E-state index in [-0.39, 0.29) is 10.6 Å². The number of hydrogen-bond donors (Lipinski definition) is 2. The van der Waals surface area contributed by atoms with Gasteiger partial charge >= 0.3 is 5.97 Å². The molecular weight excluding hydrogens is 294 g/mol. The molecule has 1 aromatic heterocycles. The number of aryl methyl sites for hydroxylation is 1. The highest BCUT2D eigenvalue weighted by Crippen LogP contribution is 2.24. The monoisotopic (exact) mass is 315 g/mol. The largest absolute Gasteiger partial charge is 0.477 e. The molecule has 2 N–H and O–H groups in total. The zero-order valence-electron chi connectivity index (χ0n) is 12.2. The molecule has 1 fully saturated rings. The molecule has 0 saturated carbocycles. The van der Waals surface area contributed by atoms with Crippen LogP contribution in [0.2, 0.25) is 0 Å². The van der Waals surface area contributed by atoms with Crippen LogP contribution in [-0.4, -0.2) is 55.0 Å². The number of aromatic nitrogens is 1. The first kappa shape index (κ1) is 16.0. The number of nitrogens with zero attached hydrogens (tertiary/aromatic N) is 2. The van der Waals surface area contributed by atoms with Gasteiger partial charge in [-0.05, 0) is 38.4 Å². The van der Waals surface area contributed by atoms with E-state index in [0.717, 1.165) is 19.4 Å². The zero-order valence-corrected chi connectivity index (χ0v) is 13.1. The highest BCUT2D eigenvalue weighted by Gasteiger charge is 2.31. The maximum absolute atomic E-state index is 12.6. The van der Waals surface area contributed by atoms with Crippen molar-refractivity contribution in [1.29, 1.82) is 0 Å². The first-order chi connectivity index (χ1) is 9.86. The fraction of sp³-hybridized carbons (Fsp3) is 0.615. The number of carboxylic acids is 1. The van der Waals surface area contributed by atoms with Gasteiger partial charge in [0.05, 0.1) is 0 Å². The summed E-state index contributed by atoms with van der Waals surface area (Å²) in [5.74, 6) is -0.841. The molecule has 0 amide bonds. The van der Waals surface area contributed by atoms with Gasteiger partial charge in [0.15, 0.2) is 0 Å². The molecule has 0 aliphatic carbocycles. The standard InChI is InChI=1S/C13H21N3O4S/c1-14-7-10-4-3-5-16(8-10)21(19,20)11-6-12(13(17)18)15(2)9-11/h6,9-10,14H,3-5,7-8H2,1-2H3,(H,17,18). The minimum Gasteiger partial charge on any atom is -0.477 e. The molecular formula is C13H21N3O4S. The van der Waals surface area contributed by atoms with Crippen molar-refractivity contribution in [2.75, 3.05) is 26.7 Å². The second-order valence-corrected chi connectivity index (χ2v) is 7.34. The van der Waals surface area contributed by atoms with Crippen molar-refractivity contribution >= 4 is 16.0 Å². The Kier molecular flexibility index (Phi) is 4.70. The van der Waals surface area contributed by atoms with E-state index in [0.29, 0.717) is 19.0 Å². The molecule has 2 heterocycles. The van der Waals surface area contributed by atoms with Gasteiger partial charge in [0.25, 0.3) is 0 Å². The summed E-state index contributed by atoms with van der Waals surface area (Å²) in [7, 11) is -0.246. The third-order valence-corrected chi connectivity index (χ3v) is 5.64. The first-order valence-corrected chi connectivity index (χ1v) is 8.34. The first-order valence-electron chi connectivity index (χ1n) is 6.90. The molecule has 21 heavy (non-hydrogen) atoms. The summed E-state index contributed by atoms with van der Waals surface area (Å²) in [6.07, 6.45) is 3.19. The Morgan fingerprint density at radius 3 is 2.81 bits per heavy atom. The van der Waals surface area contributed by atoms with E-state index in [2.05, 4.69) is 5.32 Å². The smallest absolute Gasteiger partial charge is 0.352 e. The van der Waals surface area contributed by atoms with Crippen LogP contribution in [0.5, 0.6) is 0 Å². The number of rotatable bonds is 5. The summed E-state index contributed by atoms with van der Waals surface area (Å²) in [6, 6.07) is 1.22. The molecule has 0 aromatic carbocycles. The van der Waals surface area contributed by atoms with E-state index in [9.17, 15) is 13.2 Å². The van der Waals surface area contributed by atoms with Crippen LogP contribution >= 0.6 is 0 Å². The fourth-order valence-corrected chi connectivity index (χ4v) is 4.36. The van der Waals surface area contributed by atoms with Gasteiger partial charge in [-0.1, -0.05) is 0 Å². The molecule has 1 aromatic rings. The van der Waals surface area contributed by atoms with E-state index >= 15 is 0 Å².